The van der Waals surface area contributed by atoms with Gasteiger partial charge in [-0.3, -0.25) is 4.79 Å². The first-order valence-electron chi connectivity index (χ1n) is 9.88. The monoisotopic (exact) mass is 434 g/mol. The highest BCUT2D eigenvalue weighted by atomic mass is 32.1. The summed E-state index contributed by atoms with van der Waals surface area (Å²) in [5.41, 5.74) is 4.73. The molecule has 0 radical (unpaired) electrons. The molecule has 2 aromatic heterocycles. The maximum atomic E-state index is 11.3. The molecule has 0 saturated heterocycles. The number of aromatic nitrogens is 2. The third kappa shape index (κ3) is 5.00. The van der Waals surface area contributed by atoms with E-state index in [0.717, 1.165) is 26.7 Å². The number of hydrogen-bond acceptors (Lipinski definition) is 6. The van der Waals surface area contributed by atoms with Crippen molar-refractivity contribution < 1.29 is 19.2 Å². The smallest absolute Gasteiger partial charge is 0.304 e. The summed E-state index contributed by atoms with van der Waals surface area (Å²) in [4.78, 5) is 17.0. The number of carboxylic acids is 1. The van der Waals surface area contributed by atoms with E-state index >= 15 is 0 Å². The molecule has 1 atom stereocenters. The molecule has 0 fully saturated rings. The number of aliphatic carboxylic acids is 1. The van der Waals surface area contributed by atoms with Crippen LogP contribution in [0.5, 0.6) is 5.75 Å². The molecule has 0 saturated carbocycles. The number of nitrogens with zero attached hydrogens (tertiary/aromatic N) is 2. The average Bonchev–Trinajstić information content (AvgIpc) is 3.41. The van der Waals surface area contributed by atoms with Gasteiger partial charge in [0.2, 0.25) is 0 Å². The van der Waals surface area contributed by atoms with E-state index in [4.69, 9.17) is 9.26 Å². The Kier molecular flexibility index (Phi) is 6.13. The van der Waals surface area contributed by atoms with Crippen molar-refractivity contribution in [1.82, 2.24) is 10.1 Å². The summed E-state index contributed by atoms with van der Waals surface area (Å²) in [5.74, 6) is -0.549. The molecule has 0 aliphatic carbocycles. The first kappa shape index (κ1) is 20.8. The van der Waals surface area contributed by atoms with Crippen LogP contribution in [-0.4, -0.2) is 21.2 Å². The lowest BCUT2D eigenvalue weighted by atomic mass is 9.92. The molecular weight excluding hydrogens is 412 g/mol. The van der Waals surface area contributed by atoms with Crippen LogP contribution in [0.2, 0.25) is 0 Å². The molecule has 1 N–H and O–H groups in total. The summed E-state index contributed by atoms with van der Waals surface area (Å²) in [6.45, 7) is 4.48. The van der Waals surface area contributed by atoms with Crippen molar-refractivity contribution in [2.45, 2.75) is 32.8 Å². The maximum Gasteiger partial charge on any atom is 0.304 e. The van der Waals surface area contributed by atoms with Crippen LogP contribution in [0, 0.1) is 13.8 Å². The highest BCUT2D eigenvalue weighted by Gasteiger charge is 2.20. The molecule has 7 heteroatoms. The average molecular weight is 435 g/mol. The molecule has 0 aliphatic heterocycles. The number of thiazole rings is 1. The predicted octanol–water partition coefficient (Wildman–Crippen LogP) is 5.60. The van der Waals surface area contributed by atoms with E-state index in [0.29, 0.717) is 18.1 Å². The number of hydrogen-bond donors (Lipinski definition) is 1. The summed E-state index contributed by atoms with van der Waals surface area (Å²) in [6.07, 6.45) is 1.39. The number of carbonyl (C=O) groups is 1. The standard InChI is InChI=1S/C24H22N2O4S/c1-15-3-5-18(6-4-15)24-25-16(2)22(31-24)14-29-19-9-7-17(8-10-19)20(13-23(27)28)21-11-12-30-26-21/h3-12,20H,13-14H2,1-2H3,(H,27,28)/t20-/m0/s1. The fourth-order valence-electron chi connectivity index (χ4n) is 3.30. The van der Waals surface area contributed by atoms with Crippen molar-refractivity contribution in [3.8, 4) is 16.3 Å². The van der Waals surface area contributed by atoms with Crippen molar-refractivity contribution in [2.24, 2.45) is 0 Å². The van der Waals surface area contributed by atoms with Gasteiger partial charge in [0.1, 0.15) is 23.6 Å². The lowest BCUT2D eigenvalue weighted by molar-refractivity contribution is -0.137. The van der Waals surface area contributed by atoms with Gasteiger partial charge in [-0.2, -0.15) is 0 Å². The van der Waals surface area contributed by atoms with Gasteiger partial charge in [-0.25, -0.2) is 4.98 Å². The molecule has 6 nitrogen and oxygen atoms in total. The Labute approximate surface area is 184 Å². The Morgan fingerprint density at radius 1 is 1.10 bits per heavy atom. The highest BCUT2D eigenvalue weighted by Crippen LogP contribution is 2.31. The molecule has 0 bridgehead atoms. The summed E-state index contributed by atoms with van der Waals surface area (Å²) in [7, 11) is 0. The van der Waals surface area contributed by atoms with Crippen LogP contribution < -0.4 is 4.74 Å². The Bertz CT molecular complexity index is 1150. The summed E-state index contributed by atoms with van der Waals surface area (Å²) < 4.78 is 10.9. The zero-order valence-corrected chi connectivity index (χ0v) is 18.1. The van der Waals surface area contributed by atoms with Crippen molar-refractivity contribution in [3.05, 3.63) is 88.3 Å². The predicted molar refractivity (Wildman–Crippen MR) is 118 cm³/mol. The zero-order valence-electron chi connectivity index (χ0n) is 17.2. The van der Waals surface area contributed by atoms with Crippen LogP contribution in [-0.2, 0) is 11.4 Å². The minimum absolute atomic E-state index is 0.0609. The molecule has 4 rings (SSSR count). The molecule has 158 valence electrons. The quantitative estimate of drug-likeness (QED) is 0.388. The van der Waals surface area contributed by atoms with E-state index < -0.39 is 5.97 Å². The Morgan fingerprint density at radius 3 is 2.48 bits per heavy atom. The molecule has 2 aromatic carbocycles. The second kappa shape index (κ2) is 9.14. The minimum atomic E-state index is -0.890. The van der Waals surface area contributed by atoms with Gasteiger partial charge in [-0.15, -0.1) is 11.3 Å². The molecule has 2 heterocycles. The molecule has 0 unspecified atom stereocenters. The van der Waals surface area contributed by atoms with Gasteiger partial charge in [0.05, 0.1) is 22.7 Å². The Hall–Kier alpha value is -3.45. The Morgan fingerprint density at radius 2 is 1.84 bits per heavy atom. The van der Waals surface area contributed by atoms with Crippen molar-refractivity contribution in [1.29, 1.82) is 0 Å². The zero-order chi connectivity index (χ0) is 21.8. The van der Waals surface area contributed by atoms with Crippen LogP contribution in [0.25, 0.3) is 10.6 Å². The first-order valence-corrected chi connectivity index (χ1v) is 10.7. The molecule has 0 aliphatic rings. The van der Waals surface area contributed by atoms with E-state index in [2.05, 4.69) is 41.3 Å². The van der Waals surface area contributed by atoms with Crippen molar-refractivity contribution >= 4 is 17.3 Å². The molecule has 4 aromatic rings. The van der Waals surface area contributed by atoms with Crippen LogP contribution in [0.15, 0.2) is 65.4 Å². The van der Waals surface area contributed by atoms with Crippen molar-refractivity contribution in [3.63, 3.8) is 0 Å². The van der Waals surface area contributed by atoms with Crippen LogP contribution >= 0.6 is 11.3 Å². The Balaban J connectivity index is 1.45. The second-order valence-electron chi connectivity index (χ2n) is 7.33. The second-order valence-corrected chi connectivity index (χ2v) is 8.41. The number of rotatable bonds is 8. The van der Waals surface area contributed by atoms with Gasteiger partial charge < -0.3 is 14.4 Å². The van der Waals surface area contributed by atoms with Crippen molar-refractivity contribution in [2.75, 3.05) is 0 Å². The molecule has 0 amide bonds. The first-order chi connectivity index (χ1) is 15.0. The lowest BCUT2D eigenvalue weighted by Gasteiger charge is -2.13. The van der Waals surface area contributed by atoms with Crippen LogP contribution in [0.1, 0.15) is 39.7 Å². The van der Waals surface area contributed by atoms with E-state index in [9.17, 15) is 9.90 Å². The molecule has 31 heavy (non-hydrogen) atoms. The SMILES string of the molecule is Cc1ccc(-c2nc(C)c(COc3ccc([C@H](CC(=O)O)c4ccon4)cc3)s2)cc1. The number of aryl methyl sites for hydroxylation is 2. The normalized spacial score (nSPS) is 11.9. The topological polar surface area (TPSA) is 85.5 Å². The lowest BCUT2D eigenvalue weighted by Crippen LogP contribution is -2.08. The van der Waals surface area contributed by atoms with Gasteiger partial charge >= 0.3 is 5.97 Å². The summed E-state index contributed by atoms with van der Waals surface area (Å²) >= 11 is 1.63. The van der Waals surface area contributed by atoms with Gasteiger partial charge in [-0.05, 0) is 31.5 Å². The number of benzene rings is 2. The van der Waals surface area contributed by atoms with Gasteiger partial charge in [-0.1, -0.05) is 47.1 Å². The summed E-state index contributed by atoms with van der Waals surface area (Å²) in [6, 6.07) is 17.5. The number of carboxylic acid groups (broad SMARTS) is 1. The number of ether oxygens (including phenoxy) is 1. The maximum absolute atomic E-state index is 11.3. The van der Waals surface area contributed by atoms with E-state index in [1.165, 1.54) is 11.8 Å². The third-order valence-corrected chi connectivity index (χ3v) is 6.22. The molecular formula is C24H22N2O4S. The van der Waals surface area contributed by atoms with E-state index in [1.807, 2.05) is 31.2 Å². The summed E-state index contributed by atoms with van der Waals surface area (Å²) in [5, 5.41) is 14.1. The van der Waals surface area contributed by atoms with Gasteiger partial charge in [0, 0.05) is 17.5 Å². The third-order valence-electron chi connectivity index (χ3n) is 5.04. The van der Waals surface area contributed by atoms with Crippen LogP contribution in [0.3, 0.4) is 0 Å². The minimum Gasteiger partial charge on any atom is -0.488 e. The molecule has 0 spiro atoms. The van der Waals surface area contributed by atoms with Gasteiger partial charge in [0.15, 0.2) is 0 Å². The fourth-order valence-corrected chi connectivity index (χ4v) is 4.28. The fraction of sp³-hybridized carbons (Fsp3) is 0.208. The van der Waals surface area contributed by atoms with Crippen LogP contribution in [0.4, 0.5) is 0 Å². The van der Waals surface area contributed by atoms with E-state index in [-0.39, 0.29) is 12.3 Å². The largest absolute Gasteiger partial charge is 0.488 e. The van der Waals surface area contributed by atoms with Gasteiger partial charge in [0.25, 0.3) is 0 Å². The van der Waals surface area contributed by atoms with E-state index in [1.54, 1.807) is 17.4 Å². The highest BCUT2D eigenvalue weighted by molar-refractivity contribution is 7.15.